The molecule has 8 heteroatoms. The van der Waals surface area contributed by atoms with E-state index in [1.165, 1.54) is 18.3 Å². The van der Waals surface area contributed by atoms with Crippen LogP contribution in [0.1, 0.15) is 55.2 Å². The fourth-order valence-electron chi connectivity index (χ4n) is 2.55. The third-order valence-corrected chi connectivity index (χ3v) is 3.47. The van der Waals surface area contributed by atoms with Gasteiger partial charge in [-0.3, -0.25) is 19.4 Å². The standard InChI is InChI=1S/C16H11NO7/c1-2-23-16(22)10-8(6-9(18)19)24-15-11(10)14(21)12-7(13(15)20)4-3-5-17-12/h3-5H,2,6H2,1H3,(H,18,19). The number of ketones is 2. The molecule has 1 aliphatic rings. The molecule has 0 saturated heterocycles. The summed E-state index contributed by atoms with van der Waals surface area (Å²) in [6.07, 6.45) is 0.683. The molecule has 0 atom stereocenters. The van der Waals surface area contributed by atoms with E-state index in [2.05, 4.69) is 4.98 Å². The van der Waals surface area contributed by atoms with Gasteiger partial charge in [-0.25, -0.2) is 4.79 Å². The second kappa shape index (κ2) is 5.73. The number of ether oxygens (including phenoxy) is 1. The molecule has 1 N–H and O–H groups in total. The second-order valence-corrected chi connectivity index (χ2v) is 4.95. The van der Waals surface area contributed by atoms with Crippen molar-refractivity contribution < 1.29 is 33.4 Å². The van der Waals surface area contributed by atoms with Gasteiger partial charge in [0.25, 0.3) is 0 Å². The summed E-state index contributed by atoms with van der Waals surface area (Å²) in [6.45, 7) is 1.58. The number of carboxylic acids is 1. The van der Waals surface area contributed by atoms with Gasteiger partial charge in [0.15, 0.2) is 5.76 Å². The highest BCUT2D eigenvalue weighted by atomic mass is 16.5. The zero-order chi connectivity index (χ0) is 17.4. The molecule has 0 amide bonds. The van der Waals surface area contributed by atoms with Crippen molar-refractivity contribution in [1.29, 1.82) is 0 Å². The molecule has 2 aromatic rings. The minimum Gasteiger partial charge on any atom is -0.481 e. The summed E-state index contributed by atoms with van der Waals surface area (Å²) in [5, 5.41) is 8.98. The molecule has 0 aromatic carbocycles. The van der Waals surface area contributed by atoms with Gasteiger partial charge in [0, 0.05) is 6.20 Å². The van der Waals surface area contributed by atoms with Gasteiger partial charge in [-0.2, -0.15) is 0 Å². The Labute approximate surface area is 135 Å². The van der Waals surface area contributed by atoms with Gasteiger partial charge in [0.2, 0.25) is 11.6 Å². The maximum Gasteiger partial charge on any atom is 0.342 e. The number of esters is 1. The van der Waals surface area contributed by atoms with E-state index in [1.807, 2.05) is 0 Å². The zero-order valence-electron chi connectivity index (χ0n) is 12.5. The first-order chi connectivity index (χ1) is 11.5. The molecule has 2 heterocycles. The normalized spacial score (nSPS) is 12.5. The van der Waals surface area contributed by atoms with Crippen LogP contribution in [-0.4, -0.2) is 40.2 Å². The summed E-state index contributed by atoms with van der Waals surface area (Å²) >= 11 is 0. The monoisotopic (exact) mass is 329 g/mol. The van der Waals surface area contributed by atoms with Gasteiger partial charge in [-0.15, -0.1) is 0 Å². The minimum absolute atomic E-state index is 0.0161. The number of carboxylic acid groups (broad SMARTS) is 1. The third kappa shape index (κ3) is 2.28. The van der Waals surface area contributed by atoms with Crippen LogP contribution < -0.4 is 0 Å². The number of aliphatic carboxylic acids is 1. The zero-order valence-corrected chi connectivity index (χ0v) is 12.5. The van der Waals surface area contributed by atoms with Crippen molar-refractivity contribution in [2.75, 3.05) is 6.61 Å². The van der Waals surface area contributed by atoms with Crippen LogP contribution in [-0.2, 0) is 16.0 Å². The number of hydrogen-bond donors (Lipinski definition) is 1. The number of rotatable bonds is 4. The van der Waals surface area contributed by atoms with Crippen LogP contribution in [0.5, 0.6) is 0 Å². The highest BCUT2D eigenvalue weighted by Gasteiger charge is 2.40. The minimum atomic E-state index is -1.28. The fourth-order valence-corrected chi connectivity index (χ4v) is 2.55. The first-order valence-corrected chi connectivity index (χ1v) is 7.04. The summed E-state index contributed by atoms with van der Waals surface area (Å²) in [7, 11) is 0. The largest absolute Gasteiger partial charge is 0.481 e. The van der Waals surface area contributed by atoms with E-state index in [0.29, 0.717) is 0 Å². The van der Waals surface area contributed by atoms with Gasteiger partial charge in [0.1, 0.15) is 23.4 Å². The number of furan rings is 1. The average Bonchev–Trinajstić information content (AvgIpc) is 2.91. The predicted molar refractivity (Wildman–Crippen MR) is 77.1 cm³/mol. The van der Waals surface area contributed by atoms with E-state index >= 15 is 0 Å². The highest BCUT2D eigenvalue weighted by Crippen LogP contribution is 2.33. The molecule has 24 heavy (non-hydrogen) atoms. The molecule has 0 saturated carbocycles. The van der Waals surface area contributed by atoms with Crippen LogP contribution in [0.3, 0.4) is 0 Å². The average molecular weight is 329 g/mol. The first kappa shape index (κ1) is 15.6. The molecule has 122 valence electrons. The Balaban J connectivity index is 2.25. The number of carbonyl (C=O) groups excluding carboxylic acids is 3. The van der Waals surface area contributed by atoms with Crippen LogP contribution in [0.2, 0.25) is 0 Å². The summed E-state index contributed by atoms with van der Waals surface area (Å²) in [4.78, 5) is 52.2. The van der Waals surface area contributed by atoms with Crippen molar-refractivity contribution in [3.8, 4) is 0 Å². The second-order valence-electron chi connectivity index (χ2n) is 4.95. The molecule has 0 aliphatic heterocycles. The van der Waals surface area contributed by atoms with Crippen molar-refractivity contribution in [1.82, 2.24) is 4.98 Å². The molecule has 8 nitrogen and oxygen atoms in total. The molecular formula is C16H11NO7. The van der Waals surface area contributed by atoms with E-state index in [9.17, 15) is 19.2 Å². The molecule has 0 unspecified atom stereocenters. The van der Waals surface area contributed by atoms with E-state index in [0.717, 1.165) is 0 Å². The van der Waals surface area contributed by atoms with Crippen molar-refractivity contribution in [2.45, 2.75) is 13.3 Å². The molecule has 2 aromatic heterocycles. The lowest BCUT2D eigenvalue weighted by Crippen LogP contribution is -2.23. The lowest BCUT2D eigenvalue weighted by Gasteiger charge is -2.12. The summed E-state index contributed by atoms with van der Waals surface area (Å²) in [5.41, 5.74) is -0.686. The number of hydrogen-bond acceptors (Lipinski definition) is 7. The Bertz CT molecular complexity index is 894. The summed E-state index contributed by atoms with van der Waals surface area (Å²) in [5.74, 6) is -4.15. The van der Waals surface area contributed by atoms with E-state index in [1.54, 1.807) is 6.92 Å². The molecule has 0 fully saturated rings. The van der Waals surface area contributed by atoms with Gasteiger partial charge in [-0.1, -0.05) is 0 Å². The number of carbonyl (C=O) groups is 4. The Kier molecular flexibility index (Phi) is 3.72. The topological polar surface area (TPSA) is 124 Å². The van der Waals surface area contributed by atoms with E-state index in [4.69, 9.17) is 14.3 Å². The van der Waals surface area contributed by atoms with Crippen LogP contribution >= 0.6 is 0 Å². The van der Waals surface area contributed by atoms with Crippen molar-refractivity contribution in [3.05, 3.63) is 52.2 Å². The van der Waals surface area contributed by atoms with Crippen LogP contribution in [0.25, 0.3) is 0 Å². The molecule has 0 radical (unpaired) electrons. The molecular weight excluding hydrogens is 318 g/mol. The van der Waals surface area contributed by atoms with Gasteiger partial charge >= 0.3 is 11.9 Å². The Morgan fingerprint density at radius 2 is 2.04 bits per heavy atom. The number of aromatic nitrogens is 1. The van der Waals surface area contributed by atoms with E-state index in [-0.39, 0.29) is 40.5 Å². The SMILES string of the molecule is CCOC(=O)c1c(CC(=O)O)oc2c1C(=O)c1ncccc1C2=O. The number of fused-ring (bicyclic) bond motifs is 2. The summed E-state index contributed by atoms with van der Waals surface area (Å²) < 4.78 is 10.1. The number of pyridine rings is 1. The van der Waals surface area contributed by atoms with Crippen molar-refractivity contribution in [2.24, 2.45) is 0 Å². The fraction of sp³-hybridized carbons (Fsp3) is 0.188. The molecule has 0 spiro atoms. The summed E-state index contributed by atoms with van der Waals surface area (Å²) in [6, 6.07) is 2.90. The van der Waals surface area contributed by atoms with Crippen LogP contribution in [0.4, 0.5) is 0 Å². The molecule has 0 bridgehead atoms. The van der Waals surface area contributed by atoms with Crippen molar-refractivity contribution in [3.63, 3.8) is 0 Å². The van der Waals surface area contributed by atoms with Crippen LogP contribution in [0.15, 0.2) is 22.7 Å². The van der Waals surface area contributed by atoms with Gasteiger partial charge < -0.3 is 14.3 Å². The maximum absolute atomic E-state index is 12.7. The lowest BCUT2D eigenvalue weighted by atomic mass is 9.89. The smallest absolute Gasteiger partial charge is 0.342 e. The quantitative estimate of drug-likeness (QED) is 0.709. The Morgan fingerprint density at radius 1 is 1.29 bits per heavy atom. The maximum atomic E-state index is 12.7. The molecule has 1 aliphatic carbocycles. The number of nitrogens with zero attached hydrogens (tertiary/aromatic N) is 1. The van der Waals surface area contributed by atoms with Crippen molar-refractivity contribution >= 4 is 23.5 Å². The van der Waals surface area contributed by atoms with E-state index < -0.39 is 29.9 Å². The first-order valence-electron chi connectivity index (χ1n) is 7.04. The third-order valence-electron chi connectivity index (χ3n) is 3.47. The Morgan fingerprint density at radius 3 is 2.71 bits per heavy atom. The predicted octanol–water partition coefficient (Wildman–Crippen LogP) is 1.25. The highest BCUT2D eigenvalue weighted by molar-refractivity contribution is 6.29. The van der Waals surface area contributed by atoms with Gasteiger partial charge in [-0.05, 0) is 19.1 Å². The lowest BCUT2D eigenvalue weighted by molar-refractivity contribution is -0.136. The molecule has 3 rings (SSSR count). The van der Waals surface area contributed by atoms with Gasteiger partial charge in [0.05, 0.1) is 17.7 Å². The van der Waals surface area contributed by atoms with Crippen LogP contribution in [0, 0.1) is 0 Å². The Hall–Kier alpha value is -3.29.